The Labute approximate surface area is 187 Å². The number of benzene rings is 1. The second-order valence-corrected chi connectivity index (χ2v) is 9.93. The van der Waals surface area contributed by atoms with Gasteiger partial charge in [-0.3, -0.25) is 14.5 Å². The first kappa shape index (κ1) is 22.8. The summed E-state index contributed by atoms with van der Waals surface area (Å²) in [4.78, 5) is 28.2. The largest absolute Gasteiger partial charge is 0.353 e. The van der Waals surface area contributed by atoms with Gasteiger partial charge in [0.25, 0.3) is 0 Å². The Kier molecular flexibility index (Phi) is 8.78. The van der Waals surface area contributed by atoms with Crippen LogP contribution in [0.4, 0.5) is 5.69 Å². The van der Waals surface area contributed by atoms with Crippen molar-refractivity contribution in [2.45, 2.75) is 32.7 Å². The maximum absolute atomic E-state index is 12.4. The van der Waals surface area contributed by atoms with Crippen LogP contribution >= 0.6 is 23.1 Å². The van der Waals surface area contributed by atoms with Gasteiger partial charge in [-0.15, -0.1) is 23.1 Å². The third-order valence-electron chi connectivity index (χ3n) is 5.39. The van der Waals surface area contributed by atoms with Crippen molar-refractivity contribution in [2.75, 3.05) is 36.5 Å². The minimum Gasteiger partial charge on any atom is -0.353 e. The fraction of sp³-hybridized carbons (Fsp3) is 0.478. The predicted molar refractivity (Wildman–Crippen MR) is 127 cm³/mol. The lowest BCUT2D eigenvalue weighted by molar-refractivity contribution is -0.118. The van der Waals surface area contributed by atoms with Crippen molar-refractivity contribution >= 4 is 40.6 Å². The average molecular weight is 446 g/mol. The zero-order valence-electron chi connectivity index (χ0n) is 17.7. The number of aryl methyl sites for hydroxylation is 1. The highest BCUT2D eigenvalue weighted by molar-refractivity contribution is 8.00. The molecule has 1 aliphatic rings. The standard InChI is InChI=1S/C23H31N3O2S2/c1-17-8-10-26(11-9-17)20(21-7-4-12-30-21)14-24-22(27)15-29-16-23(28)25-19-6-3-5-18(2)13-19/h3-7,12-13,17,20H,8-11,14-16H2,1-2H3,(H,24,27)(H,25,28). The van der Waals surface area contributed by atoms with Crippen molar-refractivity contribution in [2.24, 2.45) is 5.92 Å². The highest BCUT2D eigenvalue weighted by Gasteiger charge is 2.25. The third kappa shape index (κ3) is 7.15. The number of piperidine rings is 1. The Balaban J connectivity index is 1.41. The molecule has 2 aromatic rings. The van der Waals surface area contributed by atoms with Gasteiger partial charge in [0.15, 0.2) is 0 Å². The van der Waals surface area contributed by atoms with Gasteiger partial charge in [0.05, 0.1) is 17.5 Å². The summed E-state index contributed by atoms with van der Waals surface area (Å²) in [5.74, 6) is 1.23. The van der Waals surface area contributed by atoms with Crippen LogP contribution in [0.15, 0.2) is 41.8 Å². The van der Waals surface area contributed by atoms with Crippen LogP contribution in [-0.4, -0.2) is 47.9 Å². The zero-order valence-corrected chi connectivity index (χ0v) is 19.4. The fourth-order valence-corrected chi connectivity index (χ4v) is 5.16. The van der Waals surface area contributed by atoms with E-state index in [0.29, 0.717) is 6.54 Å². The molecule has 2 heterocycles. The minimum absolute atomic E-state index is 0.0183. The van der Waals surface area contributed by atoms with Gasteiger partial charge in [0.2, 0.25) is 11.8 Å². The molecule has 1 saturated heterocycles. The maximum Gasteiger partial charge on any atom is 0.234 e. The van der Waals surface area contributed by atoms with E-state index in [-0.39, 0.29) is 29.4 Å². The van der Waals surface area contributed by atoms with Crippen molar-refractivity contribution < 1.29 is 9.59 Å². The van der Waals surface area contributed by atoms with E-state index < -0.39 is 0 Å². The van der Waals surface area contributed by atoms with Crippen molar-refractivity contribution in [1.82, 2.24) is 10.2 Å². The maximum atomic E-state index is 12.4. The molecule has 30 heavy (non-hydrogen) atoms. The van der Waals surface area contributed by atoms with Gasteiger partial charge < -0.3 is 10.6 Å². The molecule has 1 unspecified atom stereocenters. The first-order valence-electron chi connectivity index (χ1n) is 10.5. The lowest BCUT2D eigenvalue weighted by Crippen LogP contribution is -2.42. The molecular formula is C23H31N3O2S2. The Morgan fingerprint density at radius 3 is 2.63 bits per heavy atom. The van der Waals surface area contributed by atoms with E-state index in [1.807, 2.05) is 31.2 Å². The molecule has 1 aromatic carbocycles. The van der Waals surface area contributed by atoms with Crippen molar-refractivity contribution in [1.29, 1.82) is 0 Å². The highest BCUT2D eigenvalue weighted by Crippen LogP contribution is 2.29. The van der Waals surface area contributed by atoms with E-state index >= 15 is 0 Å². The molecule has 0 saturated carbocycles. The summed E-state index contributed by atoms with van der Waals surface area (Å²) in [6.07, 6.45) is 2.42. The second kappa shape index (κ2) is 11.5. The zero-order chi connectivity index (χ0) is 21.3. The van der Waals surface area contributed by atoms with Gasteiger partial charge in [-0.25, -0.2) is 0 Å². The van der Waals surface area contributed by atoms with Crippen LogP contribution in [0.5, 0.6) is 0 Å². The summed E-state index contributed by atoms with van der Waals surface area (Å²) in [5.41, 5.74) is 1.89. The van der Waals surface area contributed by atoms with Crippen molar-refractivity contribution in [3.8, 4) is 0 Å². The Morgan fingerprint density at radius 2 is 1.93 bits per heavy atom. The fourth-order valence-electron chi connectivity index (χ4n) is 3.65. The third-order valence-corrected chi connectivity index (χ3v) is 7.30. The molecule has 1 atom stereocenters. The highest BCUT2D eigenvalue weighted by atomic mass is 32.2. The SMILES string of the molecule is Cc1cccc(NC(=O)CSCC(=O)NCC(c2cccs2)N2CCC(C)CC2)c1. The van der Waals surface area contributed by atoms with E-state index in [9.17, 15) is 9.59 Å². The van der Waals surface area contributed by atoms with Crippen LogP contribution in [-0.2, 0) is 9.59 Å². The van der Waals surface area contributed by atoms with Gasteiger partial charge in [-0.1, -0.05) is 25.1 Å². The van der Waals surface area contributed by atoms with Crippen LogP contribution in [0.1, 0.15) is 36.2 Å². The number of likely N-dealkylation sites (tertiary alicyclic amines) is 1. The summed E-state index contributed by atoms with van der Waals surface area (Å²) in [5, 5.41) is 8.06. The molecule has 7 heteroatoms. The molecule has 0 aliphatic carbocycles. The summed E-state index contributed by atoms with van der Waals surface area (Å²) in [6.45, 7) is 7.07. The van der Waals surface area contributed by atoms with E-state index in [4.69, 9.17) is 0 Å². The number of hydrogen-bond donors (Lipinski definition) is 2. The first-order chi connectivity index (χ1) is 14.5. The number of nitrogens with zero attached hydrogens (tertiary/aromatic N) is 1. The summed E-state index contributed by atoms with van der Waals surface area (Å²) >= 11 is 3.09. The van der Waals surface area contributed by atoms with Gasteiger partial charge in [0.1, 0.15) is 0 Å². The van der Waals surface area contributed by atoms with Crippen molar-refractivity contribution in [3.63, 3.8) is 0 Å². The second-order valence-electron chi connectivity index (χ2n) is 7.96. The summed E-state index contributed by atoms with van der Waals surface area (Å²) in [7, 11) is 0. The lowest BCUT2D eigenvalue weighted by Gasteiger charge is -2.36. The number of hydrogen-bond acceptors (Lipinski definition) is 5. The Hall–Kier alpha value is -1.83. The van der Waals surface area contributed by atoms with E-state index in [1.165, 1.54) is 29.5 Å². The normalized spacial score (nSPS) is 16.2. The molecule has 0 radical (unpaired) electrons. The molecule has 1 fully saturated rings. The van der Waals surface area contributed by atoms with Gasteiger partial charge in [-0.2, -0.15) is 0 Å². The molecule has 0 bridgehead atoms. The number of amides is 2. The Bertz CT molecular complexity index is 818. The molecule has 1 aromatic heterocycles. The molecular weight excluding hydrogens is 414 g/mol. The van der Waals surface area contributed by atoms with E-state index in [2.05, 4.69) is 40.0 Å². The van der Waals surface area contributed by atoms with E-state index in [1.54, 1.807) is 11.3 Å². The molecule has 3 rings (SSSR count). The molecule has 0 spiro atoms. The molecule has 5 nitrogen and oxygen atoms in total. The smallest absolute Gasteiger partial charge is 0.234 e. The number of carbonyl (C=O) groups is 2. The Morgan fingerprint density at radius 1 is 1.17 bits per heavy atom. The van der Waals surface area contributed by atoms with Gasteiger partial charge >= 0.3 is 0 Å². The van der Waals surface area contributed by atoms with Crippen LogP contribution in [0.25, 0.3) is 0 Å². The summed E-state index contributed by atoms with van der Waals surface area (Å²) < 4.78 is 0. The van der Waals surface area contributed by atoms with E-state index in [0.717, 1.165) is 30.3 Å². The minimum atomic E-state index is -0.0858. The quantitative estimate of drug-likeness (QED) is 0.604. The monoisotopic (exact) mass is 445 g/mol. The first-order valence-corrected chi connectivity index (χ1v) is 12.5. The molecule has 162 valence electrons. The van der Waals surface area contributed by atoms with Crippen molar-refractivity contribution in [3.05, 3.63) is 52.2 Å². The molecule has 2 N–H and O–H groups in total. The van der Waals surface area contributed by atoms with Crippen LogP contribution in [0.3, 0.4) is 0 Å². The summed E-state index contributed by atoms with van der Waals surface area (Å²) in [6, 6.07) is 12.2. The number of nitrogens with one attached hydrogen (secondary N) is 2. The lowest BCUT2D eigenvalue weighted by atomic mass is 9.97. The van der Waals surface area contributed by atoms with Gasteiger partial charge in [-0.05, 0) is 67.9 Å². The molecule has 1 aliphatic heterocycles. The number of thioether (sulfide) groups is 1. The molecule has 2 amide bonds. The average Bonchev–Trinajstić information content (AvgIpc) is 3.24. The number of carbonyl (C=O) groups excluding carboxylic acids is 2. The predicted octanol–water partition coefficient (Wildman–Crippen LogP) is 4.32. The van der Waals surface area contributed by atoms with Crippen LogP contribution in [0.2, 0.25) is 0 Å². The number of rotatable bonds is 9. The number of anilines is 1. The number of thiophene rings is 1. The van der Waals surface area contributed by atoms with Gasteiger partial charge in [0, 0.05) is 17.1 Å². The van der Waals surface area contributed by atoms with Crippen LogP contribution in [0, 0.1) is 12.8 Å². The van der Waals surface area contributed by atoms with Crippen LogP contribution < -0.4 is 10.6 Å². The topological polar surface area (TPSA) is 61.4 Å².